The first-order valence-electron chi connectivity index (χ1n) is 4.55. The minimum atomic E-state index is 0.0578. The summed E-state index contributed by atoms with van der Waals surface area (Å²) in [6.45, 7) is 0.146. The van der Waals surface area contributed by atoms with Gasteiger partial charge < -0.3 is 10.1 Å². The molecule has 0 fully saturated rings. The van der Waals surface area contributed by atoms with Crippen LogP contribution in [0, 0.1) is 0 Å². The summed E-state index contributed by atoms with van der Waals surface area (Å²) in [5.74, 6) is 0.746. The molecule has 4 nitrogen and oxygen atoms in total. The molecule has 1 aromatic rings. The van der Waals surface area contributed by atoms with Crippen molar-refractivity contribution < 1.29 is 9.53 Å². The van der Waals surface area contributed by atoms with Crippen molar-refractivity contribution in [1.29, 1.82) is 0 Å². The number of anilines is 1. The Labute approximate surface area is 82.1 Å². The van der Waals surface area contributed by atoms with Crippen LogP contribution in [0.2, 0.25) is 0 Å². The predicted octanol–water partition coefficient (Wildman–Crippen LogP) is 0.866. The smallest absolute Gasteiger partial charge is 0.224 e. The van der Waals surface area contributed by atoms with E-state index in [1.165, 1.54) is 0 Å². The molecule has 3 N–H and O–H groups in total. The zero-order valence-corrected chi connectivity index (χ0v) is 7.75. The van der Waals surface area contributed by atoms with Crippen LogP contribution in [0.5, 0.6) is 5.75 Å². The highest BCUT2D eigenvalue weighted by Gasteiger charge is 2.14. The highest BCUT2D eigenvalue weighted by molar-refractivity contribution is 5.94. The topological polar surface area (TPSA) is 64.3 Å². The van der Waals surface area contributed by atoms with Crippen LogP contribution < -0.4 is 15.8 Å². The van der Waals surface area contributed by atoms with Crippen molar-refractivity contribution in [2.24, 2.45) is 5.73 Å². The van der Waals surface area contributed by atoms with Crippen molar-refractivity contribution in [2.75, 3.05) is 12.0 Å². The molecular weight excluding hydrogens is 180 g/mol. The molecule has 0 atom stereocenters. The van der Waals surface area contributed by atoms with E-state index in [-0.39, 0.29) is 12.6 Å². The number of rotatable bonds is 2. The number of nitrogens with two attached hydrogens (primary N) is 1. The van der Waals surface area contributed by atoms with Gasteiger partial charge in [-0.25, -0.2) is 0 Å². The quantitative estimate of drug-likeness (QED) is 0.683. The van der Waals surface area contributed by atoms with Crippen LogP contribution in [0.25, 0.3) is 0 Å². The van der Waals surface area contributed by atoms with Crippen molar-refractivity contribution in [3.05, 3.63) is 23.8 Å². The number of benzene rings is 1. The Bertz CT molecular complexity index is 363. The minimum Gasteiger partial charge on any atom is -0.479 e. The summed E-state index contributed by atoms with van der Waals surface area (Å²) in [5, 5.41) is 2.80. The van der Waals surface area contributed by atoms with Crippen LogP contribution >= 0.6 is 0 Å². The molecule has 0 aliphatic carbocycles. The lowest BCUT2D eigenvalue weighted by atomic mass is 10.0. The van der Waals surface area contributed by atoms with Gasteiger partial charge in [0, 0.05) is 18.2 Å². The minimum absolute atomic E-state index is 0.0578. The molecule has 0 unspecified atom stereocenters. The van der Waals surface area contributed by atoms with Gasteiger partial charge in [-0.3, -0.25) is 10.5 Å². The average molecular weight is 192 g/mol. The summed E-state index contributed by atoms with van der Waals surface area (Å²) >= 11 is 0. The summed E-state index contributed by atoms with van der Waals surface area (Å²) in [7, 11) is 0. The maximum atomic E-state index is 11.1. The van der Waals surface area contributed by atoms with Crippen molar-refractivity contribution >= 4 is 11.6 Å². The molecule has 0 spiro atoms. The van der Waals surface area contributed by atoms with E-state index in [0.717, 1.165) is 17.7 Å². The van der Waals surface area contributed by atoms with Crippen LogP contribution in [0.15, 0.2) is 18.2 Å². The Kier molecular flexibility index (Phi) is 2.37. The van der Waals surface area contributed by atoms with Crippen LogP contribution in [-0.2, 0) is 11.2 Å². The van der Waals surface area contributed by atoms with Crippen molar-refractivity contribution in [2.45, 2.75) is 12.8 Å². The van der Waals surface area contributed by atoms with Crippen LogP contribution in [0.4, 0.5) is 5.69 Å². The third-order valence-electron chi connectivity index (χ3n) is 2.23. The van der Waals surface area contributed by atoms with Crippen molar-refractivity contribution in [1.82, 2.24) is 0 Å². The second kappa shape index (κ2) is 3.67. The molecule has 0 saturated heterocycles. The second-order valence-corrected chi connectivity index (χ2v) is 3.18. The van der Waals surface area contributed by atoms with Gasteiger partial charge in [-0.05, 0) is 18.1 Å². The maximum absolute atomic E-state index is 11.1. The van der Waals surface area contributed by atoms with Crippen molar-refractivity contribution in [3.63, 3.8) is 0 Å². The summed E-state index contributed by atoms with van der Waals surface area (Å²) in [6, 6.07) is 5.63. The zero-order valence-electron chi connectivity index (χ0n) is 7.75. The highest BCUT2D eigenvalue weighted by atomic mass is 16.5. The standard InChI is InChI=1S/C10H12N2O2/c11-6-14-8-3-1-7-2-4-10(13)12-9(7)5-8/h1,3,5H,2,4,6,11H2,(H,12,13). The number of carbonyl (C=O) groups is 1. The van der Waals surface area contributed by atoms with Gasteiger partial charge in [0.05, 0.1) is 0 Å². The van der Waals surface area contributed by atoms with Gasteiger partial charge in [-0.1, -0.05) is 6.07 Å². The molecule has 0 bridgehead atoms. The molecule has 1 amide bonds. The first kappa shape index (κ1) is 9.02. The molecule has 0 aromatic heterocycles. The molecule has 14 heavy (non-hydrogen) atoms. The van der Waals surface area contributed by atoms with E-state index >= 15 is 0 Å². The van der Waals surface area contributed by atoms with E-state index in [1.54, 1.807) is 6.07 Å². The molecule has 1 aliphatic heterocycles. The van der Waals surface area contributed by atoms with Crippen LogP contribution in [-0.4, -0.2) is 12.6 Å². The Morgan fingerprint density at radius 2 is 2.29 bits per heavy atom. The fraction of sp³-hybridized carbons (Fsp3) is 0.300. The molecular formula is C10H12N2O2. The van der Waals surface area contributed by atoms with Gasteiger partial charge in [0.15, 0.2) is 0 Å². The maximum Gasteiger partial charge on any atom is 0.224 e. The Balaban J connectivity index is 2.28. The van der Waals surface area contributed by atoms with Gasteiger partial charge >= 0.3 is 0 Å². The molecule has 0 radical (unpaired) electrons. The number of hydrogen-bond acceptors (Lipinski definition) is 3. The SMILES string of the molecule is NCOc1ccc2c(c1)NC(=O)CC2. The fourth-order valence-corrected chi connectivity index (χ4v) is 1.54. The lowest BCUT2D eigenvalue weighted by Crippen LogP contribution is -2.19. The number of carbonyl (C=O) groups excluding carboxylic acids is 1. The number of ether oxygens (including phenoxy) is 1. The third-order valence-corrected chi connectivity index (χ3v) is 2.23. The Morgan fingerprint density at radius 1 is 1.43 bits per heavy atom. The van der Waals surface area contributed by atoms with E-state index in [2.05, 4.69) is 5.32 Å². The number of nitrogens with one attached hydrogen (secondary N) is 1. The van der Waals surface area contributed by atoms with Gasteiger partial charge in [-0.2, -0.15) is 0 Å². The van der Waals surface area contributed by atoms with E-state index in [0.29, 0.717) is 12.2 Å². The lowest BCUT2D eigenvalue weighted by Gasteiger charge is -2.17. The van der Waals surface area contributed by atoms with Crippen LogP contribution in [0.1, 0.15) is 12.0 Å². The van der Waals surface area contributed by atoms with E-state index in [1.807, 2.05) is 12.1 Å². The fourth-order valence-electron chi connectivity index (χ4n) is 1.54. The highest BCUT2D eigenvalue weighted by Crippen LogP contribution is 2.26. The summed E-state index contributed by atoms with van der Waals surface area (Å²) in [6.07, 6.45) is 1.36. The Morgan fingerprint density at radius 3 is 3.07 bits per heavy atom. The molecule has 4 heteroatoms. The van der Waals surface area contributed by atoms with Gasteiger partial charge in [0.2, 0.25) is 5.91 Å². The molecule has 74 valence electrons. The first-order chi connectivity index (χ1) is 6.79. The second-order valence-electron chi connectivity index (χ2n) is 3.18. The zero-order chi connectivity index (χ0) is 9.97. The number of aryl methyl sites for hydroxylation is 1. The monoisotopic (exact) mass is 192 g/mol. The molecule has 2 rings (SSSR count). The van der Waals surface area contributed by atoms with E-state index in [9.17, 15) is 4.79 Å². The van der Waals surface area contributed by atoms with Gasteiger partial charge in [0.25, 0.3) is 0 Å². The number of fused-ring (bicyclic) bond motifs is 1. The van der Waals surface area contributed by atoms with E-state index < -0.39 is 0 Å². The lowest BCUT2D eigenvalue weighted by molar-refractivity contribution is -0.116. The first-order valence-corrected chi connectivity index (χ1v) is 4.55. The normalized spacial score (nSPS) is 14.5. The summed E-state index contributed by atoms with van der Waals surface area (Å²) in [4.78, 5) is 11.1. The van der Waals surface area contributed by atoms with E-state index in [4.69, 9.17) is 10.5 Å². The Hall–Kier alpha value is -1.55. The molecule has 1 aliphatic rings. The third kappa shape index (κ3) is 1.70. The molecule has 1 aromatic carbocycles. The van der Waals surface area contributed by atoms with Gasteiger partial charge in [0.1, 0.15) is 12.5 Å². The average Bonchev–Trinajstić information content (AvgIpc) is 2.17. The number of amides is 1. The predicted molar refractivity (Wildman–Crippen MR) is 53.1 cm³/mol. The van der Waals surface area contributed by atoms with Crippen LogP contribution in [0.3, 0.4) is 0 Å². The largest absolute Gasteiger partial charge is 0.479 e. The molecule has 1 heterocycles. The summed E-state index contributed by atoms with van der Waals surface area (Å²) < 4.78 is 5.13. The van der Waals surface area contributed by atoms with Crippen molar-refractivity contribution in [3.8, 4) is 5.75 Å². The summed E-state index contributed by atoms with van der Waals surface area (Å²) in [5.41, 5.74) is 7.24. The van der Waals surface area contributed by atoms with Gasteiger partial charge in [-0.15, -0.1) is 0 Å². The molecule has 0 saturated carbocycles. The number of hydrogen-bond donors (Lipinski definition) is 2.